The van der Waals surface area contributed by atoms with Gasteiger partial charge >= 0.3 is 6.18 Å². The van der Waals surface area contributed by atoms with E-state index < -0.39 is 11.7 Å². The number of nitrogens with zero attached hydrogens (tertiary/aromatic N) is 1. The summed E-state index contributed by atoms with van der Waals surface area (Å²) in [5.41, 5.74) is 0.458. The molecule has 0 bridgehead atoms. The van der Waals surface area contributed by atoms with Crippen LogP contribution in [-0.2, 0) is 6.18 Å². The fraction of sp³-hybridized carbons (Fsp3) is 0.375. The Morgan fingerprint density at radius 1 is 1.36 bits per heavy atom. The minimum Gasteiger partial charge on any atom is -0.507 e. The number of hydrogen-bond donors (Lipinski definition) is 1. The highest BCUT2D eigenvalue weighted by molar-refractivity contribution is 6.21. The average Bonchev–Trinajstić information content (AvgIpc) is 2.75. The van der Waals surface area contributed by atoms with Gasteiger partial charge in [-0.2, -0.15) is 13.2 Å². The van der Waals surface area contributed by atoms with Gasteiger partial charge in [-0.3, -0.25) is 0 Å². The summed E-state index contributed by atoms with van der Waals surface area (Å²) in [4.78, 5) is 1.84. The van der Waals surface area contributed by atoms with Gasteiger partial charge in [0.2, 0.25) is 0 Å². The summed E-state index contributed by atoms with van der Waals surface area (Å²) in [7, 11) is 1.79. The van der Waals surface area contributed by atoms with E-state index in [1.807, 2.05) is 4.90 Å². The molecule has 0 saturated heterocycles. The molecule has 2 unspecified atom stereocenters. The minimum atomic E-state index is -4.48. The van der Waals surface area contributed by atoms with Crippen molar-refractivity contribution in [2.24, 2.45) is 0 Å². The predicted octanol–water partition coefficient (Wildman–Crippen LogP) is 4.72. The van der Waals surface area contributed by atoms with Gasteiger partial charge in [-0.25, -0.2) is 0 Å². The molecule has 0 fully saturated rings. The molecule has 2 atom stereocenters. The SMILES string of the molecule is CC(Cl)C1CN(C)c2cc(O)c3cccc(C(F)(F)F)c3c21. The summed E-state index contributed by atoms with van der Waals surface area (Å²) in [6, 6.07) is 5.40. The van der Waals surface area contributed by atoms with Gasteiger partial charge in [0.15, 0.2) is 0 Å². The first-order valence-electron chi connectivity index (χ1n) is 6.92. The highest BCUT2D eigenvalue weighted by atomic mass is 35.5. The molecule has 0 aromatic heterocycles. The predicted molar refractivity (Wildman–Crippen MR) is 81.9 cm³/mol. The number of benzene rings is 2. The van der Waals surface area contributed by atoms with Gasteiger partial charge in [0, 0.05) is 47.4 Å². The second-order valence-corrected chi connectivity index (χ2v) is 6.41. The Morgan fingerprint density at radius 2 is 2.05 bits per heavy atom. The van der Waals surface area contributed by atoms with Crippen LogP contribution in [0.4, 0.5) is 18.9 Å². The lowest BCUT2D eigenvalue weighted by atomic mass is 9.89. The van der Waals surface area contributed by atoms with E-state index in [-0.39, 0.29) is 27.8 Å². The van der Waals surface area contributed by atoms with Gasteiger partial charge in [0.1, 0.15) is 5.75 Å². The fourth-order valence-electron chi connectivity index (χ4n) is 3.26. The highest BCUT2D eigenvalue weighted by Gasteiger charge is 2.38. The van der Waals surface area contributed by atoms with Gasteiger partial charge in [0.25, 0.3) is 0 Å². The molecule has 22 heavy (non-hydrogen) atoms. The average molecular weight is 330 g/mol. The summed E-state index contributed by atoms with van der Waals surface area (Å²) in [5, 5.41) is 10.1. The van der Waals surface area contributed by atoms with Crippen LogP contribution in [0.3, 0.4) is 0 Å². The van der Waals surface area contributed by atoms with Crippen LogP contribution in [-0.4, -0.2) is 24.1 Å². The quantitative estimate of drug-likeness (QED) is 0.765. The summed E-state index contributed by atoms with van der Waals surface area (Å²) in [5.74, 6) is -0.358. The number of phenolic OH excluding ortho intramolecular Hbond substituents is 1. The Balaban J connectivity index is 2.45. The van der Waals surface area contributed by atoms with E-state index in [4.69, 9.17) is 11.6 Å². The normalized spacial score (nSPS) is 19.5. The molecule has 1 N–H and O–H groups in total. The zero-order valence-electron chi connectivity index (χ0n) is 12.1. The number of likely N-dealkylation sites (N-methyl/N-ethyl adjacent to an activating group) is 1. The van der Waals surface area contributed by atoms with E-state index in [9.17, 15) is 18.3 Å². The molecular weight excluding hydrogens is 315 g/mol. The molecule has 2 aromatic carbocycles. The topological polar surface area (TPSA) is 23.5 Å². The summed E-state index contributed by atoms with van der Waals surface area (Å²) < 4.78 is 40.2. The third-order valence-electron chi connectivity index (χ3n) is 4.27. The third kappa shape index (κ3) is 2.19. The van der Waals surface area contributed by atoms with Crippen molar-refractivity contribution >= 4 is 28.1 Å². The number of phenols is 1. The number of alkyl halides is 4. The van der Waals surface area contributed by atoms with Crippen LogP contribution in [0.2, 0.25) is 0 Å². The lowest BCUT2D eigenvalue weighted by Gasteiger charge is -2.19. The fourth-order valence-corrected chi connectivity index (χ4v) is 3.46. The van der Waals surface area contributed by atoms with Crippen molar-refractivity contribution in [1.29, 1.82) is 0 Å². The molecule has 6 heteroatoms. The number of rotatable bonds is 1. The second kappa shape index (κ2) is 4.95. The molecule has 2 nitrogen and oxygen atoms in total. The zero-order chi connectivity index (χ0) is 16.2. The van der Waals surface area contributed by atoms with Crippen LogP contribution >= 0.6 is 11.6 Å². The molecule has 118 valence electrons. The van der Waals surface area contributed by atoms with E-state index in [1.54, 1.807) is 14.0 Å². The number of halogens is 4. The molecular formula is C16H15ClF3NO. The molecule has 3 rings (SSSR count). The molecule has 1 aliphatic heterocycles. The first-order chi connectivity index (χ1) is 10.2. The number of fused-ring (bicyclic) bond motifs is 3. The molecule has 1 heterocycles. The monoisotopic (exact) mass is 329 g/mol. The van der Waals surface area contributed by atoms with E-state index in [2.05, 4.69) is 0 Å². The first-order valence-corrected chi connectivity index (χ1v) is 7.36. The molecule has 2 aromatic rings. The van der Waals surface area contributed by atoms with Crippen LogP contribution in [0.25, 0.3) is 10.8 Å². The van der Waals surface area contributed by atoms with Gasteiger partial charge < -0.3 is 10.0 Å². The molecule has 0 saturated carbocycles. The second-order valence-electron chi connectivity index (χ2n) is 5.72. The maximum absolute atomic E-state index is 13.4. The van der Waals surface area contributed by atoms with Crippen LogP contribution in [0, 0.1) is 0 Å². The minimum absolute atomic E-state index is 0.0619. The summed E-state index contributed by atoms with van der Waals surface area (Å²) >= 11 is 6.21. The standard InChI is InChI=1S/C16H15ClF3NO/c1-8(17)10-7-21(2)12-6-13(22)9-4-3-5-11(16(18,19)20)14(9)15(10)12/h3-6,8,10,22H,7H2,1-2H3. The van der Waals surface area contributed by atoms with Crippen molar-refractivity contribution in [3.05, 3.63) is 35.4 Å². The van der Waals surface area contributed by atoms with Crippen LogP contribution < -0.4 is 4.90 Å². The number of hydrogen-bond acceptors (Lipinski definition) is 2. The van der Waals surface area contributed by atoms with Crippen molar-refractivity contribution in [3.63, 3.8) is 0 Å². The van der Waals surface area contributed by atoms with Crippen LogP contribution in [0.5, 0.6) is 5.75 Å². The van der Waals surface area contributed by atoms with E-state index >= 15 is 0 Å². The lowest BCUT2D eigenvalue weighted by Crippen LogP contribution is -2.19. The van der Waals surface area contributed by atoms with Gasteiger partial charge in [-0.05, 0) is 18.6 Å². The lowest BCUT2D eigenvalue weighted by molar-refractivity contribution is -0.136. The summed E-state index contributed by atoms with van der Waals surface area (Å²) in [6.45, 7) is 2.31. The van der Waals surface area contributed by atoms with Gasteiger partial charge in [0.05, 0.1) is 5.56 Å². The highest BCUT2D eigenvalue weighted by Crippen LogP contribution is 2.49. The first kappa shape index (κ1) is 15.3. The van der Waals surface area contributed by atoms with Crippen LogP contribution in [0.1, 0.15) is 24.0 Å². The van der Waals surface area contributed by atoms with Crippen LogP contribution in [0.15, 0.2) is 24.3 Å². The Hall–Kier alpha value is -1.62. The number of anilines is 1. The van der Waals surface area contributed by atoms with Crippen molar-refractivity contribution in [1.82, 2.24) is 0 Å². The van der Waals surface area contributed by atoms with E-state index in [1.165, 1.54) is 18.2 Å². The molecule has 1 aliphatic rings. The maximum Gasteiger partial charge on any atom is 0.417 e. The Labute approximate surface area is 131 Å². The molecule has 0 amide bonds. The maximum atomic E-state index is 13.4. The zero-order valence-corrected chi connectivity index (χ0v) is 12.8. The Bertz CT molecular complexity index is 742. The van der Waals surface area contributed by atoms with Gasteiger partial charge in [-0.1, -0.05) is 12.1 Å². The smallest absolute Gasteiger partial charge is 0.417 e. The van der Waals surface area contributed by atoms with Crippen molar-refractivity contribution in [2.75, 3.05) is 18.5 Å². The van der Waals surface area contributed by atoms with Gasteiger partial charge in [-0.15, -0.1) is 11.6 Å². The third-order valence-corrected chi connectivity index (χ3v) is 4.58. The van der Waals surface area contributed by atoms with E-state index in [0.29, 0.717) is 17.8 Å². The van der Waals surface area contributed by atoms with E-state index in [0.717, 1.165) is 6.07 Å². The van der Waals surface area contributed by atoms with Crippen molar-refractivity contribution in [3.8, 4) is 5.75 Å². The Kier molecular flexibility index (Phi) is 3.44. The Morgan fingerprint density at radius 3 is 2.64 bits per heavy atom. The van der Waals surface area contributed by atoms with Crippen molar-refractivity contribution < 1.29 is 18.3 Å². The molecule has 0 aliphatic carbocycles. The largest absolute Gasteiger partial charge is 0.507 e. The summed E-state index contributed by atoms with van der Waals surface area (Å²) in [6.07, 6.45) is -4.48. The molecule has 0 radical (unpaired) electrons. The van der Waals surface area contributed by atoms with Crippen molar-refractivity contribution in [2.45, 2.75) is 24.4 Å². The number of aromatic hydroxyl groups is 1. The molecule has 0 spiro atoms.